The van der Waals surface area contributed by atoms with E-state index in [-0.39, 0.29) is 5.41 Å². The van der Waals surface area contributed by atoms with E-state index in [0.717, 1.165) is 72.8 Å². The molecule has 4 N–H and O–H groups in total. The Morgan fingerprint density at radius 3 is 2.47 bits per heavy atom. The van der Waals surface area contributed by atoms with E-state index >= 15 is 0 Å². The van der Waals surface area contributed by atoms with Crippen LogP contribution in [0.5, 0.6) is 5.75 Å². The molecular weight excluding hydrogens is 474 g/mol. The topological polar surface area (TPSA) is 99.1 Å². The summed E-state index contributed by atoms with van der Waals surface area (Å²) in [7, 11) is 0. The number of piperazine rings is 1. The van der Waals surface area contributed by atoms with Gasteiger partial charge in [0.2, 0.25) is 0 Å². The maximum Gasteiger partial charge on any atom is 0.198 e. The van der Waals surface area contributed by atoms with E-state index in [9.17, 15) is 0 Å². The van der Waals surface area contributed by atoms with Gasteiger partial charge in [-0.25, -0.2) is 9.97 Å². The number of nitrogens with zero attached hydrogens (tertiary/aromatic N) is 4. The fourth-order valence-electron chi connectivity index (χ4n) is 5.49. The van der Waals surface area contributed by atoms with Gasteiger partial charge in [-0.1, -0.05) is 51.1 Å². The van der Waals surface area contributed by atoms with E-state index < -0.39 is 0 Å². The molecule has 0 radical (unpaired) electrons. The Kier molecular flexibility index (Phi) is 6.35. The van der Waals surface area contributed by atoms with Crippen LogP contribution < -0.4 is 15.4 Å². The van der Waals surface area contributed by atoms with Crippen LogP contribution in [0.4, 0.5) is 11.6 Å². The molecule has 2 aliphatic rings. The third-order valence-corrected chi connectivity index (χ3v) is 7.85. The first kappa shape index (κ1) is 24.6. The number of aromatic amines is 2. The van der Waals surface area contributed by atoms with Crippen molar-refractivity contribution in [3.05, 3.63) is 60.5 Å². The Morgan fingerprint density at radius 1 is 0.974 bits per heavy atom. The van der Waals surface area contributed by atoms with Crippen LogP contribution in [0.1, 0.15) is 33.0 Å². The van der Waals surface area contributed by atoms with Crippen LogP contribution in [0.2, 0.25) is 0 Å². The number of rotatable bonds is 6. The monoisotopic (exact) mass is 511 g/mol. The van der Waals surface area contributed by atoms with E-state index in [2.05, 4.69) is 82.0 Å². The first-order chi connectivity index (χ1) is 18.3. The van der Waals surface area contributed by atoms with Gasteiger partial charge in [-0.2, -0.15) is 0 Å². The van der Waals surface area contributed by atoms with Crippen molar-refractivity contribution in [2.45, 2.75) is 27.2 Å². The Labute approximate surface area is 223 Å². The Hall–Kier alpha value is -3.78. The molecule has 8 heteroatoms. The third kappa shape index (κ3) is 4.88. The number of para-hydroxylation sites is 2. The number of hydrogen-bond donors (Lipinski definition) is 3. The van der Waals surface area contributed by atoms with Crippen molar-refractivity contribution in [1.29, 1.82) is 0 Å². The van der Waals surface area contributed by atoms with Gasteiger partial charge in [-0.05, 0) is 42.0 Å². The molecule has 1 aliphatic heterocycles. The normalized spacial score (nSPS) is 18.9. The second-order valence-electron chi connectivity index (χ2n) is 11.4. The number of nitrogens with one attached hydrogen (secondary N) is 2. The molecule has 1 unspecified atom stereocenters. The van der Waals surface area contributed by atoms with E-state index in [0.29, 0.717) is 18.5 Å². The lowest BCUT2D eigenvalue weighted by atomic mass is 9.76. The van der Waals surface area contributed by atoms with Crippen LogP contribution in [0.3, 0.4) is 0 Å². The first-order valence-electron chi connectivity index (χ1n) is 13.6. The van der Waals surface area contributed by atoms with E-state index in [4.69, 9.17) is 15.5 Å². The zero-order valence-corrected chi connectivity index (χ0v) is 22.5. The smallest absolute Gasteiger partial charge is 0.198 e. The molecule has 198 valence electrons. The maximum absolute atomic E-state index is 6.07. The number of anilines is 2. The van der Waals surface area contributed by atoms with Gasteiger partial charge in [0.1, 0.15) is 29.2 Å². The molecule has 0 amide bonds. The summed E-state index contributed by atoms with van der Waals surface area (Å²) in [5.74, 6) is 2.70. The second-order valence-corrected chi connectivity index (χ2v) is 11.4. The summed E-state index contributed by atoms with van der Waals surface area (Å²) in [5, 5.41) is 0. The minimum Gasteiger partial charge on any atom is -0.490 e. The Balaban J connectivity index is 1.08. The molecule has 0 bridgehead atoms. The van der Waals surface area contributed by atoms with Gasteiger partial charge in [-0.15, -0.1) is 0 Å². The van der Waals surface area contributed by atoms with E-state index in [1.54, 1.807) is 0 Å². The van der Waals surface area contributed by atoms with Crippen molar-refractivity contribution < 1.29 is 4.74 Å². The van der Waals surface area contributed by atoms with Gasteiger partial charge in [0, 0.05) is 38.3 Å². The summed E-state index contributed by atoms with van der Waals surface area (Å²) in [4.78, 5) is 20.9. The summed E-state index contributed by atoms with van der Waals surface area (Å²) in [6, 6.07) is 12.3. The van der Waals surface area contributed by atoms with Gasteiger partial charge in [0.05, 0.1) is 16.7 Å². The lowest BCUT2D eigenvalue weighted by Gasteiger charge is -2.36. The minimum atomic E-state index is 0.274. The van der Waals surface area contributed by atoms with E-state index in [1.807, 2.05) is 18.2 Å². The van der Waals surface area contributed by atoms with Crippen LogP contribution in [-0.2, 0) is 0 Å². The van der Waals surface area contributed by atoms with Crippen molar-refractivity contribution >= 4 is 39.3 Å². The molecule has 0 spiro atoms. The van der Waals surface area contributed by atoms with Gasteiger partial charge >= 0.3 is 0 Å². The zero-order valence-electron chi connectivity index (χ0n) is 22.5. The molecule has 38 heavy (non-hydrogen) atoms. The predicted octanol–water partition coefficient (Wildman–Crippen LogP) is 5.23. The fraction of sp³-hybridized carbons (Fsp3) is 0.400. The summed E-state index contributed by atoms with van der Waals surface area (Å²) in [6.45, 7) is 12.3. The average molecular weight is 512 g/mol. The van der Waals surface area contributed by atoms with Crippen LogP contribution in [-0.4, -0.2) is 64.2 Å². The van der Waals surface area contributed by atoms with Gasteiger partial charge < -0.3 is 25.3 Å². The molecule has 6 rings (SSSR count). The van der Waals surface area contributed by atoms with Crippen molar-refractivity contribution in [2.75, 3.05) is 50.0 Å². The number of allylic oxidation sites excluding steroid dienone is 4. The molecule has 2 aromatic carbocycles. The third-order valence-electron chi connectivity index (χ3n) is 7.85. The number of aromatic nitrogens is 4. The number of nitrogen functional groups attached to an aromatic ring is 1. The van der Waals surface area contributed by atoms with E-state index in [1.165, 1.54) is 11.3 Å². The molecule has 1 atom stereocenters. The second kappa shape index (κ2) is 9.83. The molecule has 0 saturated carbocycles. The number of nitrogens with two attached hydrogens (primary N) is 1. The zero-order chi connectivity index (χ0) is 26.3. The minimum absolute atomic E-state index is 0.274. The number of H-pyrrole nitrogens is 2. The SMILES string of the molecule is CC(C)(C)C1C=CC(c2nc3c(N4CCN(CCOc5cccc6[nH]c(N)nc56)CC4)cccc3[nH]2)=CC1. The summed E-state index contributed by atoms with van der Waals surface area (Å²) in [6.07, 6.45) is 7.96. The number of imidazole rings is 2. The van der Waals surface area contributed by atoms with Crippen LogP contribution in [0.15, 0.2) is 54.6 Å². The number of fused-ring (bicyclic) bond motifs is 2. The van der Waals surface area contributed by atoms with Crippen LogP contribution >= 0.6 is 0 Å². The average Bonchev–Trinajstić information content (AvgIpc) is 3.52. The lowest BCUT2D eigenvalue weighted by molar-refractivity contribution is 0.201. The standard InChI is InChI=1S/C30H37N7O/c1-30(2,3)21-12-10-20(11-13-21)28-32-22-6-4-8-24(26(22)34-28)37-16-14-36(15-17-37)18-19-38-25-9-5-7-23-27(25)35-29(31)33-23/h4-12,21H,13-19H2,1-3H3,(H,32,34)(H3,31,33,35). The van der Waals surface area contributed by atoms with Gasteiger partial charge in [0.15, 0.2) is 5.95 Å². The fourth-order valence-corrected chi connectivity index (χ4v) is 5.49. The number of ether oxygens (including phenoxy) is 1. The quantitative estimate of drug-likeness (QED) is 0.328. The molecule has 4 aromatic rings. The molecule has 3 heterocycles. The van der Waals surface area contributed by atoms with Crippen molar-refractivity contribution in [3.8, 4) is 5.75 Å². The highest BCUT2D eigenvalue weighted by atomic mass is 16.5. The lowest BCUT2D eigenvalue weighted by Crippen LogP contribution is -2.47. The summed E-state index contributed by atoms with van der Waals surface area (Å²) < 4.78 is 6.07. The predicted molar refractivity (Wildman–Crippen MR) is 155 cm³/mol. The Bertz CT molecular complexity index is 1500. The highest BCUT2D eigenvalue weighted by Gasteiger charge is 2.24. The molecular formula is C30H37N7O. The largest absolute Gasteiger partial charge is 0.490 e. The van der Waals surface area contributed by atoms with Crippen LogP contribution in [0.25, 0.3) is 27.6 Å². The summed E-state index contributed by atoms with van der Waals surface area (Å²) in [5.41, 5.74) is 12.3. The highest BCUT2D eigenvalue weighted by Crippen LogP contribution is 2.36. The van der Waals surface area contributed by atoms with Crippen molar-refractivity contribution in [3.63, 3.8) is 0 Å². The maximum atomic E-state index is 6.07. The van der Waals surface area contributed by atoms with Crippen LogP contribution in [0, 0.1) is 11.3 Å². The Morgan fingerprint density at radius 2 is 1.74 bits per heavy atom. The highest BCUT2D eigenvalue weighted by molar-refractivity contribution is 5.91. The van der Waals surface area contributed by atoms with Gasteiger partial charge in [-0.3, -0.25) is 4.90 Å². The molecule has 1 saturated heterocycles. The van der Waals surface area contributed by atoms with Crippen molar-refractivity contribution in [1.82, 2.24) is 24.8 Å². The molecule has 2 aromatic heterocycles. The van der Waals surface area contributed by atoms with Gasteiger partial charge in [0.25, 0.3) is 0 Å². The first-order valence-corrected chi connectivity index (χ1v) is 13.6. The molecule has 8 nitrogen and oxygen atoms in total. The molecule has 1 fully saturated rings. The van der Waals surface area contributed by atoms with Crippen molar-refractivity contribution in [2.24, 2.45) is 11.3 Å². The number of benzene rings is 2. The summed E-state index contributed by atoms with van der Waals surface area (Å²) >= 11 is 0. The molecule has 1 aliphatic carbocycles. The number of hydrogen-bond acceptors (Lipinski definition) is 6.